The molecule has 1 unspecified atom stereocenters. The third kappa shape index (κ3) is 2.84. The number of nitrogens with zero attached hydrogens (tertiary/aromatic N) is 1. The Morgan fingerprint density at radius 2 is 2.10 bits per heavy atom. The van der Waals surface area contributed by atoms with E-state index in [9.17, 15) is 0 Å². The predicted molar refractivity (Wildman–Crippen MR) is 87.5 cm³/mol. The van der Waals surface area contributed by atoms with Crippen molar-refractivity contribution in [1.82, 2.24) is 0 Å². The molecule has 3 rings (SSSR count). The molecule has 2 aromatic carbocycles. The lowest BCUT2D eigenvalue weighted by molar-refractivity contribution is 0.259. The Morgan fingerprint density at radius 1 is 1.24 bits per heavy atom. The molecule has 4 nitrogen and oxygen atoms in total. The summed E-state index contributed by atoms with van der Waals surface area (Å²) in [5.74, 6) is 1.60. The molecule has 1 atom stereocenters. The summed E-state index contributed by atoms with van der Waals surface area (Å²) in [6.07, 6.45) is 0.781. The highest BCUT2D eigenvalue weighted by Crippen LogP contribution is 2.35. The van der Waals surface area contributed by atoms with Crippen molar-refractivity contribution in [3.63, 3.8) is 0 Å². The van der Waals surface area contributed by atoms with E-state index in [1.165, 1.54) is 5.56 Å². The zero-order valence-electron chi connectivity index (χ0n) is 12.3. The van der Waals surface area contributed by atoms with Crippen molar-refractivity contribution in [2.45, 2.75) is 26.4 Å². The number of aryl methyl sites for hydroxylation is 1. The van der Waals surface area contributed by atoms with Gasteiger partial charge in [0.25, 0.3) is 0 Å². The van der Waals surface area contributed by atoms with Crippen molar-refractivity contribution in [2.24, 2.45) is 4.99 Å². The molecule has 0 saturated heterocycles. The number of nitrogen functional groups attached to an aromatic ring is 1. The normalized spacial score (nSPS) is 16.7. The van der Waals surface area contributed by atoms with Gasteiger partial charge in [0.15, 0.2) is 6.10 Å². The Morgan fingerprint density at radius 3 is 2.86 bits per heavy atom. The van der Waals surface area contributed by atoms with E-state index < -0.39 is 0 Å². The van der Waals surface area contributed by atoms with Crippen LogP contribution in [0.25, 0.3) is 0 Å². The van der Waals surface area contributed by atoms with Crippen LogP contribution in [0, 0.1) is 6.92 Å². The van der Waals surface area contributed by atoms with E-state index in [-0.39, 0.29) is 6.10 Å². The van der Waals surface area contributed by atoms with Crippen LogP contribution in [-0.4, -0.2) is 11.9 Å². The number of hydrogen-bond donors (Lipinski definition) is 2. The number of amidine groups is 1. The standard InChI is InChI=1S/C17H19N3O/c1-3-15-17(19-13-6-4-5-11(2)9-13)20-14-10-12(18)7-8-16(14)21-15/h4-10,15H,3,18H2,1-2H3,(H,19,20). The molecule has 1 heterocycles. The zero-order chi connectivity index (χ0) is 14.8. The molecule has 2 aromatic rings. The molecule has 21 heavy (non-hydrogen) atoms. The highest BCUT2D eigenvalue weighted by molar-refractivity contribution is 6.02. The molecule has 0 bridgehead atoms. The molecule has 0 saturated carbocycles. The molecule has 3 N–H and O–H groups in total. The lowest BCUT2D eigenvalue weighted by atomic mass is 10.1. The number of nitrogens with one attached hydrogen (secondary N) is 1. The van der Waals surface area contributed by atoms with Crippen LogP contribution in [0.1, 0.15) is 18.9 Å². The number of rotatable bonds is 2. The number of fused-ring (bicyclic) bond motifs is 1. The average Bonchev–Trinajstić information content (AvgIpc) is 2.46. The quantitative estimate of drug-likeness (QED) is 0.821. The lowest BCUT2D eigenvalue weighted by Gasteiger charge is -2.26. The largest absolute Gasteiger partial charge is 0.480 e. The van der Waals surface area contributed by atoms with Gasteiger partial charge in [0.2, 0.25) is 0 Å². The summed E-state index contributed by atoms with van der Waals surface area (Å²) in [6, 6.07) is 13.7. The van der Waals surface area contributed by atoms with Gasteiger partial charge in [-0.05, 0) is 49.2 Å². The van der Waals surface area contributed by atoms with Gasteiger partial charge in [-0.25, -0.2) is 4.99 Å². The van der Waals surface area contributed by atoms with E-state index in [0.29, 0.717) is 5.69 Å². The fraction of sp³-hybridized carbons (Fsp3) is 0.235. The second kappa shape index (κ2) is 5.48. The second-order valence-corrected chi connectivity index (χ2v) is 5.23. The van der Waals surface area contributed by atoms with Gasteiger partial charge in [0.05, 0.1) is 0 Å². The number of benzene rings is 2. The van der Waals surface area contributed by atoms with E-state index in [1.54, 1.807) is 0 Å². The average molecular weight is 281 g/mol. The number of nitrogens with two attached hydrogens (primary N) is 1. The van der Waals surface area contributed by atoms with Crippen molar-refractivity contribution < 1.29 is 4.74 Å². The number of aliphatic imine (C=N–C) groups is 1. The Hall–Kier alpha value is -2.49. The van der Waals surface area contributed by atoms with Crippen LogP contribution < -0.4 is 15.8 Å². The molecule has 0 amide bonds. The highest BCUT2D eigenvalue weighted by Gasteiger charge is 2.23. The molecule has 0 radical (unpaired) electrons. The first-order valence-electron chi connectivity index (χ1n) is 7.14. The minimum atomic E-state index is -0.0679. The van der Waals surface area contributed by atoms with E-state index in [0.717, 1.165) is 29.4 Å². The van der Waals surface area contributed by atoms with Crippen molar-refractivity contribution in [3.8, 4) is 5.75 Å². The van der Waals surface area contributed by atoms with Gasteiger partial charge >= 0.3 is 0 Å². The molecule has 1 aliphatic heterocycles. The van der Waals surface area contributed by atoms with Crippen LogP contribution in [0.3, 0.4) is 0 Å². The van der Waals surface area contributed by atoms with Gasteiger partial charge in [-0.3, -0.25) is 0 Å². The number of ether oxygens (including phenoxy) is 1. The topological polar surface area (TPSA) is 59.6 Å². The van der Waals surface area contributed by atoms with Crippen molar-refractivity contribution >= 4 is 22.9 Å². The maximum Gasteiger partial charge on any atom is 0.156 e. The Labute approximate surface area is 124 Å². The monoisotopic (exact) mass is 281 g/mol. The Balaban J connectivity index is 1.95. The fourth-order valence-electron chi connectivity index (χ4n) is 2.39. The van der Waals surface area contributed by atoms with Crippen LogP contribution in [0.2, 0.25) is 0 Å². The van der Waals surface area contributed by atoms with Gasteiger partial charge in [-0.1, -0.05) is 19.1 Å². The molecular weight excluding hydrogens is 262 g/mol. The summed E-state index contributed by atoms with van der Waals surface area (Å²) in [4.78, 5) is 4.68. The van der Waals surface area contributed by atoms with Gasteiger partial charge < -0.3 is 15.8 Å². The SMILES string of the molecule is CCC1Oc2ccc(N)cc2N=C1Nc1cccc(C)c1. The van der Waals surface area contributed by atoms with E-state index in [4.69, 9.17) is 10.5 Å². The molecule has 0 aromatic heterocycles. The molecule has 108 valence electrons. The van der Waals surface area contributed by atoms with Gasteiger partial charge in [0.1, 0.15) is 17.3 Å². The lowest BCUT2D eigenvalue weighted by Crippen LogP contribution is -2.34. The van der Waals surface area contributed by atoms with Crippen molar-refractivity contribution in [1.29, 1.82) is 0 Å². The van der Waals surface area contributed by atoms with Crippen LogP contribution in [0.5, 0.6) is 5.75 Å². The first-order chi connectivity index (χ1) is 10.2. The zero-order valence-corrected chi connectivity index (χ0v) is 12.3. The molecule has 1 aliphatic rings. The molecule has 4 heteroatoms. The van der Waals surface area contributed by atoms with E-state index in [1.807, 2.05) is 30.3 Å². The van der Waals surface area contributed by atoms with Crippen LogP contribution in [0.4, 0.5) is 17.1 Å². The van der Waals surface area contributed by atoms with Crippen molar-refractivity contribution in [3.05, 3.63) is 48.0 Å². The summed E-state index contributed by atoms with van der Waals surface area (Å²) in [5.41, 5.74) is 9.50. The molecule has 0 fully saturated rings. The maximum absolute atomic E-state index is 6.00. The highest BCUT2D eigenvalue weighted by atomic mass is 16.5. The smallest absolute Gasteiger partial charge is 0.156 e. The Kier molecular flexibility index (Phi) is 3.52. The molecular formula is C17H19N3O. The first kappa shape index (κ1) is 13.5. The first-order valence-corrected chi connectivity index (χ1v) is 7.14. The molecule has 0 aliphatic carbocycles. The maximum atomic E-state index is 6.00. The summed E-state index contributed by atoms with van der Waals surface area (Å²) < 4.78 is 6.00. The van der Waals surface area contributed by atoms with Gasteiger partial charge in [-0.2, -0.15) is 0 Å². The summed E-state index contributed by atoms with van der Waals surface area (Å²) >= 11 is 0. The molecule has 0 spiro atoms. The number of hydrogen-bond acceptors (Lipinski definition) is 4. The van der Waals surface area contributed by atoms with Gasteiger partial charge in [-0.15, -0.1) is 0 Å². The van der Waals surface area contributed by atoms with E-state index in [2.05, 4.69) is 36.3 Å². The third-order valence-electron chi connectivity index (χ3n) is 3.46. The van der Waals surface area contributed by atoms with Crippen LogP contribution in [0.15, 0.2) is 47.5 Å². The van der Waals surface area contributed by atoms with Crippen LogP contribution >= 0.6 is 0 Å². The second-order valence-electron chi connectivity index (χ2n) is 5.23. The summed E-state index contributed by atoms with van der Waals surface area (Å²) in [7, 11) is 0. The minimum absolute atomic E-state index is 0.0679. The van der Waals surface area contributed by atoms with E-state index >= 15 is 0 Å². The minimum Gasteiger partial charge on any atom is -0.480 e. The summed E-state index contributed by atoms with van der Waals surface area (Å²) in [6.45, 7) is 4.15. The number of anilines is 2. The van der Waals surface area contributed by atoms with Gasteiger partial charge in [0, 0.05) is 11.4 Å². The van der Waals surface area contributed by atoms with Crippen molar-refractivity contribution in [2.75, 3.05) is 11.1 Å². The predicted octanol–water partition coefficient (Wildman–Crippen LogP) is 3.89. The Bertz CT molecular complexity index is 694. The summed E-state index contributed by atoms with van der Waals surface area (Å²) in [5, 5.41) is 3.37. The third-order valence-corrected chi connectivity index (χ3v) is 3.46. The van der Waals surface area contributed by atoms with Crippen LogP contribution in [-0.2, 0) is 0 Å². The fourth-order valence-corrected chi connectivity index (χ4v) is 2.39.